The van der Waals surface area contributed by atoms with Crippen molar-refractivity contribution in [1.82, 2.24) is 4.90 Å². The minimum Gasteiger partial charge on any atom is -0.454 e. The topological polar surface area (TPSA) is 55.8 Å². The van der Waals surface area contributed by atoms with Crippen molar-refractivity contribution in [2.24, 2.45) is 11.8 Å². The monoisotopic (exact) mass is 419 g/mol. The number of hydrogen-bond acceptors (Lipinski definition) is 4. The van der Waals surface area contributed by atoms with Crippen molar-refractivity contribution in [1.29, 1.82) is 0 Å². The number of rotatable bonds is 3. The molecule has 8 heteroatoms. The van der Waals surface area contributed by atoms with E-state index in [4.69, 9.17) is 9.47 Å². The van der Waals surface area contributed by atoms with Crippen LogP contribution in [0.3, 0.4) is 0 Å². The Morgan fingerprint density at radius 2 is 1.80 bits per heavy atom. The number of halogens is 3. The number of carbonyl (C=O) groups excluding carboxylic acids is 2. The molecule has 1 saturated heterocycles. The average Bonchev–Trinajstić information content (AvgIpc) is 3.22. The highest BCUT2D eigenvalue weighted by atomic mass is 19.4. The van der Waals surface area contributed by atoms with Crippen LogP contribution in [-0.4, -0.2) is 41.1 Å². The summed E-state index contributed by atoms with van der Waals surface area (Å²) in [6.07, 6.45) is 3.48. The van der Waals surface area contributed by atoms with Gasteiger partial charge in [-0.05, 0) is 43.7 Å². The molecule has 1 amide bonds. The number of alkyl halides is 3. The molecule has 2 aliphatic heterocycles. The van der Waals surface area contributed by atoms with Crippen molar-refractivity contribution in [3.8, 4) is 11.5 Å². The fourth-order valence-corrected chi connectivity index (χ4v) is 4.39. The summed E-state index contributed by atoms with van der Waals surface area (Å²) in [5.41, 5.74) is -0.753. The van der Waals surface area contributed by atoms with Gasteiger partial charge in [0.25, 0.3) is 0 Å². The molecule has 1 aliphatic carbocycles. The first-order valence-electron chi connectivity index (χ1n) is 9.54. The normalized spacial score (nSPS) is 24.8. The fourth-order valence-electron chi connectivity index (χ4n) is 4.39. The van der Waals surface area contributed by atoms with Crippen LogP contribution < -0.4 is 9.47 Å². The van der Waals surface area contributed by atoms with Crippen LogP contribution in [-0.2, 0) is 9.59 Å². The first-order valence-corrected chi connectivity index (χ1v) is 9.54. The Kier molecular flexibility index (Phi) is 4.75. The predicted octanol–water partition coefficient (Wildman–Crippen LogP) is 3.91. The second-order valence-electron chi connectivity index (χ2n) is 7.78. The van der Waals surface area contributed by atoms with E-state index in [1.807, 2.05) is 0 Å². The summed E-state index contributed by atoms with van der Waals surface area (Å²) in [4.78, 5) is 25.8. The van der Waals surface area contributed by atoms with Crippen LogP contribution in [0, 0.1) is 11.8 Å². The lowest BCUT2D eigenvalue weighted by molar-refractivity contribution is -0.186. The van der Waals surface area contributed by atoms with E-state index in [9.17, 15) is 22.8 Å². The van der Waals surface area contributed by atoms with Gasteiger partial charge in [0.15, 0.2) is 17.3 Å². The molecule has 4 rings (SSSR count). The minimum atomic E-state index is -4.74. The molecule has 0 saturated carbocycles. The molecule has 1 aromatic rings. The van der Waals surface area contributed by atoms with Crippen LogP contribution in [0.15, 0.2) is 48.6 Å². The highest BCUT2D eigenvalue weighted by Crippen LogP contribution is 2.51. The summed E-state index contributed by atoms with van der Waals surface area (Å²) in [6, 6.07) is 4.56. The van der Waals surface area contributed by atoms with Crippen LogP contribution in [0.5, 0.6) is 11.5 Å². The number of amides is 1. The zero-order valence-electron chi connectivity index (χ0n) is 16.3. The van der Waals surface area contributed by atoms with Gasteiger partial charge < -0.3 is 14.4 Å². The molecule has 5 nitrogen and oxygen atoms in total. The Bertz CT molecular complexity index is 961. The maximum absolute atomic E-state index is 14.0. The Morgan fingerprint density at radius 1 is 1.13 bits per heavy atom. The lowest BCUT2D eigenvalue weighted by Gasteiger charge is -2.40. The van der Waals surface area contributed by atoms with Crippen LogP contribution in [0.25, 0.3) is 6.08 Å². The number of likely N-dealkylation sites (tertiary alicyclic amines) is 1. The Labute approximate surface area is 171 Å². The van der Waals surface area contributed by atoms with Gasteiger partial charge in [0.1, 0.15) is 5.92 Å². The molecule has 1 fully saturated rings. The quantitative estimate of drug-likeness (QED) is 0.746. The van der Waals surface area contributed by atoms with Gasteiger partial charge in [-0.25, -0.2) is 0 Å². The largest absolute Gasteiger partial charge is 0.454 e. The van der Waals surface area contributed by atoms with Crippen LogP contribution >= 0.6 is 0 Å². The first kappa shape index (κ1) is 20.3. The number of allylic oxidation sites excluding steroid dienone is 2. The fraction of sp³-hybridized carbons (Fsp3) is 0.364. The molecule has 158 valence electrons. The molecule has 0 unspecified atom stereocenters. The third-order valence-corrected chi connectivity index (χ3v) is 5.60. The van der Waals surface area contributed by atoms with Crippen LogP contribution in [0.4, 0.5) is 13.2 Å². The van der Waals surface area contributed by atoms with Gasteiger partial charge in [-0.3, -0.25) is 9.59 Å². The number of benzene rings is 1. The first-order chi connectivity index (χ1) is 14.1. The summed E-state index contributed by atoms with van der Waals surface area (Å²) in [6.45, 7) is 3.41. The van der Waals surface area contributed by atoms with E-state index >= 15 is 0 Å². The summed E-state index contributed by atoms with van der Waals surface area (Å²) in [5.74, 6) is -3.71. The van der Waals surface area contributed by atoms with Crippen molar-refractivity contribution >= 4 is 17.8 Å². The maximum atomic E-state index is 14.0. The summed E-state index contributed by atoms with van der Waals surface area (Å²) in [5, 5.41) is 0. The Balaban J connectivity index is 1.80. The van der Waals surface area contributed by atoms with Crippen molar-refractivity contribution in [3.63, 3.8) is 0 Å². The van der Waals surface area contributed by atoms with E-state index in [0.717, 1.165) is 0 Å². The van der Waals surface area contributed by atoms with Crippen molar-refractivity contribution in [2.45, 2.75) is 31.6 Å². The summed E-state index contributed by atoms with van der Waals surface area (Å²) in [7, 11) is 0. The number of ether oxygens (including phenoxy) is 2. The van der Waals surface area contributed by atoms with E-state index in [1.54, 1.807) is 38.1 Å². The molecule has 30 heavy (non-hydrogen) atoms. The number of carbonyl (C=O) groups is 2. The molecule has 1 aromatic carbocycles. The second kappa shape index (κ2) is 7.04. The van der Waals surface area contributed by atoms with Gasteiger partial charge in [0.2, 0.25) is 12.7 Å². The minimum absolute atomic E-state index is 0.0891. The standard InChI is InChI=1S/C22H20F3NO4/c1-13(2)26-20(28)19(22(23,24)25)16(21(26)9-7-15(27)8-10-21)5-3-14-4-6-17-18(11-14)30-12-29-17/h3-11,13,16,19H,12H2,1-2H3/b5-3+/t16-,19-/m1/s1. The average molecular weight is 419 g/mol. The SMILES string of the molecule is CC(C)N1C(=O)[C@H](C(F)(F)F)[C@@H](/C=C/c2ccc3c(c2)OCO3)C12C=CC(=O)C=C2. The van der Waals surface area contributed by atoms with Gasteiger partial charge in [-0.15, -0.1) is 0 Å². The number of ketones is 1. The molecule has 2 atom stereocenters. The van der Waals surface area contributed by atoms with E-state index in [1.165, 1.54) is 35.3 Å². The van der Waals surface area contributed by atoms with Gasteiger partial charge in [0.05, 0.1) is 5.54 Å². The smallest absolute Gasteiger partial charge is 0.401 e. The maximum Gasteiger partial charge on any atom is 0.401 e. The molecular weight excluding hydrogens is 399 g/mol. The van der Waals surface area contributed by atoms with Crippen molar-refractivity contribution in [3.05, 3.63) is 54.1 Å². The van der Waals surface area contributed by atoms with Gasteiger partial charge in [-0.2, -0.15) is 13.2 Å². The summed E-state index contributed by atoms with van der Waals surface area (Å²) < 4.78 is 52.5. The number of fused-ring (bicyclic) bond motifs is 1. The van der Waals surface area contributed by atoms with Gasteiger partial charge in [-0.1, -0.05) is 30.4 Å². The highest BCUT2D eigenvalue weighted by molar-refractivity contribution is 6.01. The van der Waals surface area contributed by atoms with E-state index in [-0.39, 0.29) is 12.6 Å². The highest BCUT2D eigenvalue weighted by Gasteiger charge is 2.64. The second-order valence-corrected chi connectivity index (χ2v) is 7.78. The van der Waals surface area contributed by atoms with E-state index < -0.39 is 35.5 Å². The van der Waals surface area contributed by atoms with E-state index in [2.05, 4.69) is 0 Å². The number of hydrogen-bond donors (Lipinski definition) is 0. The van der Waals surface area contributed by atoms with Crippen molar-refractivity contribution < 1.29 is 32.2 Å². The lowest BCUT2D eigenvalue weighted by atomic mass is 9.76. The van der Waals surface area contributed by atoms with Crippen molar-refractivity contribution in [2.75, 3.05) is 6.79 Å². The molecule has 0 aromatic heterocycles. The van der Waals surface area contributed by atoms with Gasteiger partial charge in [0, 0.05) is 12.0 Å². The molecule has 0 radical (unpaired) electrons. The third kappa shape index (κ3) is 3.20. The zero-order valence-corrected chi connectivity index (χ0v) is 16.3. The molecule has 0 bridgehead atoms. The lowest BCUT2D eigenvalue weighted by Crippen LogP contribution is -2.50. The molecule has 2 heterocycles. The van der Waals surface area contributed by atoms with E-state index in [0.29, 0.717) is 17.1 Å². The summed E-state index contributed by atoms with van der Waals surface area (Å²) >= 11 is 0. The van der Waals surface area contributed by atoms with Crippen LogP contribution in [0.2, 0.25) is 0 Å². The molecule has 0 N–H and O–H groups in total. The van der Waals surface area contributed by atoms with Crippen LogP contribution in [0.1, 0.15) is 19.4 Å². The zero-order chi connectivity index (χ0) is 21.7. The molecular formula is C22H20F3NO4. The predicted molar refractivity (Wildman–Crippen MR) is 103 cm³/mol. The molecule has 1 spiro atoms. The Hall–Kier alpha value is -3.03. The van der Waals surface area contributed by atoms with Gasteiger partial charge >= 0.3 is 6.18 Å². The number of nitrogens with zero attached hydrogens (tertiary/aromatic N) is 1. The molecule has 3 aliphatic rings. The Morgan fingerprint density at radius 3 is 2.43 bits per heavy atom. The third-order valence-electron chi connectivity index (χ3n) is 5.60.